The number of thiophene rings is 1. The topological polar surface area (TPSA) is 66.4 Å². The molecule has 0 saturated carbocycles. The molecule has 1 aromatic heterocycles. The van der Waals surface area contributed by atoms with Gasteiger partial charge in [-0.3, -0.25) is 4.79 Å². The molecule has 2 N–H and O–H groups in total. The SMILES string of the molecule is O=C(/C=C/c1ccc(F)cc1)Nc1sc2c(c1C(=O)O)CCCCC2. The number of carboxylic acids is 1. The Kier molecular flexibility index (Phi) is 5.28. The minimum atomic E-state index is -1.00. The van der Waals surface area contributed by atoms with Crippen LogP contribution in [0.3, 0.4) is 0 Å². The van der Waals surface area contributed by atoms with Gasteiger partial charge in [0, 0.05) is 11.0 Å². The van der Waals surface area contributed by atoms with E-state index in [0.29, 0.717) is 10.6 Å². The zero-order valence-electron chi connectivity index (χ0n) is 13.5. The molecule has 0 unspecified atom stereocenters. The van der Waals surface area contributed by atoms with Crippen molar-refractivity contribution in [3.8, 4) is 0 Å². The third kappa shape index (κ3) is 4.14. The number of aryl methyl sites for hydroxylation is 1. The average Bonchev–Trinajstić information content (AvgIpc) is 2.75. The Morgan fingerprint density at radius 1 is 1.12 bits per heavy atom. The highest BCUT2D eigenvalue weighted by Gasteiger charge is 2.24. The summed E-state index contributed by atoms with van der Waals surface area (Å²) in [6, 6.07) is 5.76. The van der Waals surface area contributed by atoms with Gasteiger partial charge in [-0.2, -0.15) is 0 Å². The lowest BCUT2D eigenvalue weighted by molar-refractivity contribution is -0.111. The first-order chi connectivity index (χ1) is 12.0. The number of carbonyl (C=O) groups excluding carboxylic acids is 1. The first-order valence-corrected chi connectivity index (χ1v) is 8.98. The van der Waals surface area contributed by atoms with Gasteiger partial charge in [0.25, 0.3) is 0 Å². The van der Waals surface area contributed by atoms with Crippen LogP contribution >= 0.6 is 11.3 Å². The summed E-state index contributed by atoms with van der Waals surface area (Å²) in [5, 5.41) is 12.6. The Morgan fingerprint density at radius 2 is 1.84 bits per heavy atom. The molecule has 1 aromatic carbocycles. The van der Waals surface area contributed by atoms with E-state index in [-0.39, 0.29) is 11.4 Å². The molecule has 2 aromatic rings. The Hall–Kier alpha value is -2.47. The molecule has 1 heterocycles. The first-order valence-electron chi connectivity index (χ1n) is 8.17. The maximum atomic E-state index is 12.9. The molecular formula is C19H18FNO3S. The number of halogens is 1. The van der Waals surface area contributed by atoms with Crippen molar-refractivity contribution < 1.29 is 19.1 Å². The van der Waals surface area contributed by atoms with Crippen molar-refractivity contribution in [1.82, 2.24) is 0 Å². The molecule has 0 atom stereocenters. The highest BCUT2D eigenvalue weighted by molar-refractivity contribution is 7.17. The van der Waals surface area contributed by atoms with Gasteiger partial charge >= 0.3 is 5.97 Å². The molecule has 6 heteroatoms. The second-order valence-corrected chi connectivity index (χ2v) is 7.05. The summed E-state index contributed by atoms with van der Waals surface area (Å²) in [7, 11) is 0. The number of benzene rings is 1. The summed E-state index contributed by atoms with van der Waals surface area (Å²) in [4.78, 5) is 24.9. The predicted molar refractivity (Wildman–Crippen MR) is 96.6 cm³/mol. The number of fused-ring (bicyclic) bond motifs is 1. The summed E-state index contributed by atoms with van der Waals surface area (Å²) in [5.41, 5.74) is 1.79. The smallest absolute Gasteiger partial charge is 0.339 e. The number of aromatic carboxylic acids is 1. The van der Waals surface area contributed by atoms with Crippen molar-refractivity contribution >= 4 is 34.3 Å². The van der Waals surface area contributed by atoms with Crippen LogP contribution in [0.25, 0.3) is 6.08 Å². The maximum absolute atomic E-state index is 12.9. The van der Waals surface area contributed by atoms with E-state index >= 15 is 0 Å². The second-order valence-electron chi connectivity index (χ2n) is 5.95. The molecule has 1 amide bonds. The van der Waals surface area contributed by atoms with Crippen LogP contribution in [-0.4, -0.2) is 17.0 Å². The summed E-state index contributed by atoms with van der Waals surface area (Å²) >= 11 is 1.36. The predicted octanol–water partition coefficient (Wildman–Crippen LogP) is 4.51. The lowest BCUT2D eigenvalue weighted by atomic mass is 10.1. The fraction of sp³-hybridized carbons (Fsp3) is 0.263. The molecule has 1 aliphatic carbocycles. The monoisotopic (exact) mass is 359 g/mol. The Bertz CT molecular complexity index is 824. The van der Waals surface area contributed by atoms with Crippen LogP contribution in [0.1, 0.15) is 45.6 Å². The lowest BCUT2D eigenvalue weighted by Gasteiger charge is -2.03. The van der Waals surface area contributed by atoms with E-state index in [1.165, 1.54) is 29.5 Å². The third-order valence-corrected chi connectivity index (χ3v) is 5.38. The van der Waals surface area contributed by atoms with Crippen LogP contribution in [0.2, 0.25) is 0 Å². The molecule has 0 radical (unpaired) electrons. The van der Waals surface area contributed by atoms with Gasteiger partial charge < -0.3 is 10.4 Å². The minimum absolute atomic E-state index is 0.227. The highest BCUT2D eigenvalue weighted by Crippen LogP contribution is 2.37. The number of nitrogens with one attached hydrogen (secondary N) is 1. The van der Waals surface area contributed by atoms with Gasteiger partial charge in [0.1, 0.15) is 10.8 Å². The van der Waals surface area contributed by atoms with E-state index in [4.69, 9.17) is 0 Å². The number of carboxylic acid groups (broad SMARTS) is 1. The third-order valence-electron chi connectivity index (χ3n) is 4.17. The molecule has 0 spiro atoms. The molecule has 0 fully saturated rings. The van der Waals surface area contributed by atoms with Crippen LogP contribution in [0.5, 0.6) is 0 Å². The molecule has 0 saturated heterocycles. The number of amides is 1. The minimum Gasteiger partial charge on any atom is -0.478 e. The zero-order chi connectivity index (χ0) is 17.8. The molecule has 4 nitrogen and oxygen atoms in total. The van der Waals surface area contributed by atoms with Gasteiger partial charge in [-0.25, -0.2) is 9.18 Å². The normalized spacial score (nSPS) is 14.1. The quantitative estimate of drug-likeness (QED) is 0.624. The largest absolute Gasteiger partial charge is 0.478 e. The van der Waals surface area contributed by atoms with Gasteiger partial charge in [0.15, 0.2) is 0 Å². The number of carbonyl (C=O) groups is 2. The molecule has 130 valence electrons. The van der Waals surface area contributed by atoms with E-state index < -0.39 is 11.9 Å². The van der Waals surface area contributed by atoms with E-state index in [9.17, 15) is 19.1 Å². The van der Waals surface area contributed by atoms with Crippen molar-refractivity contribution in [3.05, 3.63) is 57.7 Å². The summed E-state index contributed by atoms with van der Waals surface area (Å²) in [6.45, 7) is 0. The average molecular weight is 359 g/mol. The number of anilines is 1. The maximum Gasteiger partial charge on any atom is 0.339 e. The Balaban J connectivity index is 1.79. The van der Waals surface area contributed by atoms with Gasteiger partial charge in [0.2, 0.25) is 5.91 Å². The van der Waals surface area contributed by atoms with E-state index in [0.717, 1.165) is 42.5 Å². The van der Waals surface area contributed by atoms with Crippen molar-refractivity contribution in [2.75, 3.05) is 5.32 Å². The molecule has 3 rings (SSSR count). The molecule has 25 heavy (non-hydrogen) atoms. The fourth-order valence-corrected chi connectivity index (χ4v) is 4.24. The summed E-state index contributed by atoms with van der Waals surface area (Å²) in [6.07, 6.45) is 7.61. The van der Waals surface area contributed by atoms with Crippen molar-refractivity contribution in [1.29, 1.82) is 0 Å². The van der Waals surface area contributed by atoms with Crippen LogP contribution in [0, 0.1) is 5.82 Å². The van der Waals surface area contributed by atoms with Gasteiger partial charge in [0.05, 0.1) is 5.56 Å². The van der Waals surface area contributed by atoms with Gasteiger partial charge in [-0.1, -0.05) is 18.6 Å². The summed E-state index contributed by atoms with van der Waals surface area (Å²) < 4.78 is 12.9. The molecule has 1 aliphatic rings. The molecule has 0 bridgehead atoms. The van der Waals surface area contributed by atoms with Crippen LogP contribution in [0.4, 0.5) is 9.39 Å². The van der Waals surface area contributed by atoms with Gasteiger partial charge in [-0.15, -0.1) is 11.3 Å². The van der Waals surface area contributed by atoms with E-state index in [1.54, 1.807) is 18.2 Å². The van der Waals surface area contributed by atoms with Crippen LogP contribution in [-0.2, 0) is 17.6 Å². The van der Waals surface area contributed by atoms with Crippen molar-refractivity contribution in [2.45, 2.75) is 32.1 Å². The van der Waals surface area contributed by atoms with E-state index in [1.807, 2.05) is 0 Å². The Labute approximate surface area is 149 Å². The van der Waals surface area contributed by atoms with Gasteiger partial charge in [-0.05, 0) is 55.0 Å². The van der Waals surface area contributed by atoms with E-state index in [2.05, 4.69) is 5.32 Å². The highest BCUT2D eigenvalue weighted by atomic mass is 32.1. The van der Waals surface area contributed by atoms with Crippen molar-refractivity contribution in [2.24, 2.45) is 0 Å². The second kappa shape index (κ2) is 7.61. The zero-order valence-corrected chi connectivity index (χ0v) is 14.4. The van der Waals surface area contributed by atoms with Crippen LogP contribution in [0.15, 0.2) is 30.3 Å². The molecule has 0 aliphatic heterocycles. The number of hydrogen-bond donors (Lipinski definition) is 2. The van der Waals surface area contributed by atoms with Crippen molar-refractivity contribution in [3.63, 3.8) is 0 Å². The first kappa shape index (κ1) is 17.4. The number of rotatable bonds is 4. The number of hydrogen-bond acceptors (Lipinski definition) is 3. The van der Waals surface area contributed by atoms with Crippen LogP contribution < -0.4 is 5.32 Å². The standard InChI is InChI=1S/C19H18FNO3S/c20-13-9-6-12(7-10-13)8-11-16(22)21-18-17(19(23)24)14-4-2-1-3-5-15(14)25-18/h6-11H,1-5H2,(H,21,22)(H,23,24)/b11-8+. The summed E-state index contributed by atoms with van der Waals surface area (Å²) in [5.74, 6) is -1.74. The lowest BCUT2D eigenvalue weighted by Crippen LogP contribution is -2.11. The molecular weight excluding hydrogens is 341 g/mol. The fourth-order valence-electron chi connectivity index (χ4n) is 2.96. The Morgan fingerprint density at radius 3 is 2.56 bits per heavy atom.